The van der Waals surface area contributed by atoms with Crippen molar-refractivity contribution < 1.29 is 9.47 Å². The van der Waals surface area contributed by atoms with Crippen molar-refractivity contribution in [3.8, 4) is 0 Å². The number of unbranched alkanes of at least 4 members (excludes halogenated alkanes) is 21. The van der Waals surface area contributed by atoms with Gasteiger partial charge < -0.3 is 14.8 Å². The molecule has 3 nitrogen and oxygen atoms in total. The molecule has 3 atom stereocenters. The Bertz CT molecular complexity index is 782. The lowest BCUT2D eigenvalue weighted by Crippen LogP contribution is -2.31. The van der Waals surface area contributed by atoms with Crippen molar-refractivity contribution >= 4 is 0 Å². The van der Waals surface area contributed by atoms with Crippen molar-refractivity contribution in [1.82, 2.24) is 5.32 Å². The van der Waals surface area contributed by atoms with Crippen molar-refractivity contribution in [2.45, 2.75) is 231 Å². The highest BCUT2D eigenvalue weighted by Gasteiger charge is 2.41. The minimum atomic E-state index is -0.302. The maximum Gasteiger partial charge on any atom is 0.168 e. The van der Waals surface area contributed by atoms with Crippen LogP contribution in [0.2, 0.25) is 0 Å². The zero-order chi connectivity index (χ0) is 34.8. The molecule has 2 saturated heterocycles. The molecule has 0 aromatic rings. The minimum absolute atomic E-state index is 0.302. The second kappa shape index (κ2) is 33.0. The Kier molecular flexibility index (Phi) is 29.8. The van der Waals surface area contributed by atoms with Crippen LogP contribution in [-0.4, -0.2) is 31.6 Å². The number of nitrogens with one attached hydrogen (secondary N) is 1. The molecule has 0 radical (unpaired) electrons. The van der Waals surface area contributed by atoms with E-state index >= 15 is 0 Å². The fraction of sp³-hybridized carbons (Fsp3) is 0.870. The molecule has 0 aromatic carbocycles. The van der Waals surface area contributed by atoms with Gasteiger partial charge in [-0.3, -0.25) is 0 Å². The fourth-order valence-corrected chi connectivity index (χ4v) is 7.84. The van der Waals surface area contributed by atoms with Crippen LogP contribution in [0.15, 0.2) is 36.5 Å². The Morgan fingerprint density at radius 2 is 1.00 bits per heavy atom. The fourth-order valence-electron chi connectivity index (χ4n) is 7.84. The van der Waals surface area contributed by atoms with E-state index in [0.717, 1.165) is 31.8 Å². The number of ether oxygens (including phenoxy) is 2. The average molecular weight is 684 g/mol. The molecule has 2 aliphatic rings. The lowest BCUT2D eigenvalue weighted by Gasteiger charge is -2.29. The third-order valence-electron chi connectivity index (χ3n) is 11.0. The molecule has 2 aliphatic heterocycles. The zero-order valence-corrected chi connectivity index (χ0v) is 33.2. The second-order valence-electron chi connectivity index (χ2n) is 15.8. The molecule has 0 spiro atoms. The number of hydrogen-bond acceptors (Lipinski definition) is 3. The van der Waals surface area contributed by atoms with Gasteiger partial charge in [-0.05, 0) is 115 Å². The largest absolute Gasteiger partial charge is 0.347 e. The van der Waals surface area contributed by atoms with E-state index in [4.69, 9.17) is 9.47 Å². The quantitative estimate of drug-likeness (QED) is 0.0552. The molecule has 0 amide bonds. The van der Waals surface area contributed by atoms with Crippen LogP contribution in [0.25, 0.3) is 0 Å². The molecular weight excluding hydrogens is 599 g/mol. The third-order valence-corrected chi connectivity index (χ3v) is 11.0. The molecule has 2 heterocycles. The molecule has 0 bridgehead atoms. The third kappa shape index (κ3) is 25.7. The monoisotopic (exact) mass is 684 g/mol. The van der Waals surface area contributed by atoms with Crippen molar-refractivity contribution in [2.24, 2.45) is 5.92 Å². The molecule has 286 valence electrons. The minimum Gasteiger partial charge on any atom is -0.347 e. The number of allylic oxidation sites excluding steroid dienone is 6. The summed E-state index contributed by atoms with van der Waals surface area (Å²) in [7, 11) is 0. The predicted octanol–water partition coefficient (Wildman–Crippen LogP) is 14.5. The molecule has 49 heavy (non-hydrogen) atoms. The van der Waals surface area contributed by atoms with Gasteiger partial charge in [-0.25, -0.2) is 0 Å². The lowest BCUT2D eigenvalue weighted by molar-refractivity contribution is -0.180. The summed E-state index contributed by atoms with van der Waals surface area (Å²) in [6.45, 7) is 7.75. The van der Waals surface area contributed by atoms with Gasteiger partial charge in [0, 0.05) is 12.8 Å². The summed E-state index contributed by atoms with van der Waals surface area (Å²) in [5, 5.41) is 3.58. The van der Waals surface area contributed by atoms with Gasteiger partial charge in [0.15, 0.2) is 5.79 Å². The van der Waals surface area contributed by atoms with Gasteiger partial charge in [0.1, 0.15) is 0 Å². The topological polar surface area (TPSA) is 30.5 Å². The summed E-state index contributed by atoms with van der Waals surface area (Å²) in [6.07, 6.45) is 56.6. The summed E-state index contributed by atoms with van der Waals surface area (Å²) >= 11 is 0. The van der Waals surface area contributed by atoms with Gasteiger partial charge in [0.05, 0.1) is 12.7 Å². The maximum absolute atomic E-state index is 6.88. The molecule has 3 heteroatoms. The van der Waals surface area contributed by atoms with Crippen LogP contribution in [0.1, 0.15) is 219 Å². The smallest absolute Gasteiger partial charge is 0.168 e. The van der Waals surface area contributed by atoms with E-state index in [2.05, 4.69) is 55.6 Å². The SMILES string of the molecule is CCCCC/C=C\C/C=C\CCCCCCCCC1(CCCCCCCC/C=C\CCCCCCCC)OCC(CC2CCCNCC2)O1. The van der Waals surface area contributed by atoms with E-state index in [1.54, 1.807) is 0 Å². The summed E-state index contributed by atoms with van der Waals surface area (Å²) in [5.74, 6) is 0.496. The van der Waals surface area contributed by atoms with E-state index in [0.29, 0.717) is 6.10 Å². The van der Waals surface area contributed by atoms with Crippen LogP contribution in [-0.2, 0) is 9.47 Å². The van der Waals surface area contributed by atoms with E-state index in [9.17, 15) is 0 Å². The van der Waals surface area contributed by atoms with Gasteiger partial charge in [-0.15, -0.1) is 0 Å². The van der Waals surface area contributed by atoms with Crippen LogP contribution >= 0.6 is 0 Å². The van der Waals surface area contributed by atoms with Crippen molar-refractivity contribution in [3.63, 3.8) is 0 Å². The van der Waals surface area contributed by atoms with Crippen LogP contribution in [0.5, 0.6) is 0 Å². The van der Waals surface area contributed by atoms with Crippen LogP contribution in [0.4, 0.5) is 0 Å². The first-order valence-corrected chi connectivity index (χ1v) is 22.3. The second-order valence-corrected chi connectivity index (χ2v) is 15.8. The van der Waals surface area contributed by atoms with Gasteiger partial charge in [-0.1, -0.05) is 147 Å². The number of hydrogen-bond donors (Lipinski definition) is 1. The van der Waals surface area contributed by atoms with E-state index in [1.807, 2.05) is 0 Å². The molecule has 2 fully saturated rings. The first kappa shape index (κ1) is 44.3. The number of rotatable bonds is 33. The van der Waals surface area contributed by atoms with Gasteiger partial charge in [0.25, 0.3) is 0 Å². The highest BCUT2D eigenvalue weighted by Crippen LogP contribution is 2.37. The first-order chi connectivity index (χ1) is 24.3. The van der Waals surface area contributed by atoms with Crippen molar-refractivity contribution in [2.75, 3.05) is 19.7 Å². The Morgan fingerprint density at radius 1 is 0.531 bits per heavy atom. The lowest BCUT2D eigenvalue weighted by atomic mass is 9.94. The van der Waals surface area contributed by atoms with Gasteiger partial charge in [0.2, 0.25) is 0 Å². The van der Waals surface area contributed by atoms with Gasteiger partial charge >= 0.3 is 0 Å². The van der Waals surface area contributed by atoms with E-state index in [-0.39, 0.29) is 5.79 Å². The molecule has 1 N–H and O–H groups in total. The van der Waals surface area contributed by atoms with E-state index in [1.165, 1.54) is 199 Å². The van der Waals surface area contributed by atoms with Crippen LogP contribution < -0.4 is 5.32 Å². The summed E-state index contributed by atoms with van der Waals surface area (Å²) < 4.78 is 13.5. The molecule has 2 rings (SSSR count). The van der Waals surface area contributed by atoms with Crippen LogP contribution in [0, 0.1) is 5.92 Å². The standard InChI is InChI=1S/C46H85NO2/c1-3-5-7-9-11-13-15-17-19-21-23-25-27-29-31-33-38-46(48-43-45(49-46)42-44-36-35-40-47-41-37-44)39-34-32-30-28-26-24-22-20-18-16-14-12-10-8-6-4-2/h11,13,17-20,44-45,47H,3-10,12,14-16,21-43H2,1-2H3/b13-11-,19-17-,20-18-. The van der Waals surface area contributed by atoms with Crippen LogP contribution in [0.3, 0.4) is 0 Å². The normalized spacial score (nSPS) is 21.9. The van der Waals surface area contributed by atoms with Gasteiger partial charge in [-0.2, -0.15) is 0 Å². The molecule has 3 unspecified atom stereocenters. The highest BCUT2D eigenvalue weighted by atomic mass is 16.7. The Balaban J connectivity index is 1.57. The summed E-state index contributed by atoms with van der Waals surface area (Å²) in [6, 6.07) is 0. The zero-order valence-electron chi connectivity index (χ0n) is 33.2. The maximum atomic E-state index is 6.88. The first-order valence-electron chi connectivity index (χ1n) is 22.3. The average Bonchev–Trinajstić information content (AvgIpc) is 3.32. The molecule has 0 aromatic heterocycles. The van der Waals surface area contributed by atoms with Crippen molar-refractivity contribution in [3.05, 3.63) is 36.5 Å². The Morgan fingerprint density at radius 3 is 1.57 bits per heavy atom. The summed E-state index contributed by atoms with van der Waals surface area (Å²) in [5.41, 5.74) is 0. The predicted molar refractivity (Wildman–Crippen MR) is 216 cm³/mol. The molecular formula is C46H85NO2. The summed E-state index contributed by atoms with van der Waals surface area (Å²) in [4.78, 5) is 0. The van der Waals surface area contributed by atoms with E-state index < -0.39 is 0 Å². The molecule has 0 aliphatic carbocycles. The molecule has 0 saturated carbocycles. The Labute approximate surface area is 307 Å². The highest BCUT2D eigenvalue weighted by molar-refractivity contribution is 4.92. The Hall–Kier alpha value is -0.900. The van der Waals surface area contributed by atoms with Crippen molar-refractivity contribution in [1.29, 1.82) is 0 Å².